The summed E-state index contributed by atoms with van der Waals surface area (Å²) in [6.45, 7) is 2.05. The van der Waals surface area contributed by atoms with E-state index in [2.05, 4.69) is 4.98 Å². The molecular formula is C17H14FNO2. The van der Waals surface area contributed by atoms with Gasteiger partial charge in [-0.15, -0.1) is 0 Å². The lowest BCUT2D eigenvalue weighted by Gasteiger charge is -2.05. The number of hydrogen-bond donors (Lipinski definition) is 1. The van der Waals surface area contributed by atoms with Crippen LogP contribution in [0.1, 0.15) is 17.3 Å². The van der Waals surface area contributed by atoms with Crippen molar-refractivity contribution in [2.24, 2.45) is 0 Å². The average Bonchev–Trinajstić information content (AvgIpc) is 2.87. The maximum atomic E-state index is 13.5. The second kappa shape index (κ2) is 5.40. The Morgan fingerprint density at radius 1 is 1.19 bits per heavy atom. The lowest BCUT2D eigenvalue weighted by atomic mass is 10.1. The number of hydrogen-bond acceptors (Lipinski definition) is 2. The predicted octanol–water partition coefficient (Wildman–Crippen LogP) is 4.15. The van der Waals surface area contributed by atoms with Crippen LogP contribution >= 0.6 is 0 Å². The molecule has 0 amide bonds. The van der Waals surface area contributed by atoms with Crippen molar-refractivity contribution in [2.75, 3.05) is 6.61 Å². The Balaban J connectivity index is 2.26. The summed E-state index contributed by atoms with van der Waals surface area (Å²) < 4.78 is 18.6. The first-order valence-corrected chi connectivity index (χ1v) is 6.74. The molecular weight excluding hydrogens is 269 g/mol. The molecule has 3 rings (SSSR count). The van der Waals surface area contributed by atoms with Crippen LogP contribution in [0.4, 0.5) is 4.39 Å². The number of esters is 1. The lowest BCUT2D eigenvalue weighted by Crippen LogP contribution is -2.05. The summed E-state index contributed by atoms with van der Waals surface area (Å²) in [4.78, 5) is 15.4. The van der Waals surface area contributed by atoms with Crippen LogP contribution in [-0.4, -0.2) is 17.6 Å². The van der Waals surface area contributed by atoms with E-state index >= 15 is 0 Å². The molecule has 4 heteroatoms. The highest BCUT2D eigenvalue weighted by Crippen LogP contribution is 2.31. The van der Waals surface area contributed by atoms with Crippen LogP contribution in [0.3, 0.4) is 0 Å². The van der Waals surface area contributed by atoms with E-state index in [1.54, 1.807) is 19.1 Å². The van der Waals surface area contributed by atoms with Crippen molar-refractivity contribution in [1.29, 1.82) is 0 Å². The van der Waals surface area contributed by atoms with E-state index in [1.807, 2.05) is 24.3 Å². The van der Waals surface area contributed by atoms with E-state index in [1.165, 1.54) is 12.1 Å². The topological polar surface area (TPSA) is 42.1 Å². The van der Waals surface area contributed by atoms with Crippen molar-refractivity contribution in [3.05, 3.63) is 59.9 Å². The van der Waals surface area contributed by atoms with E-state index < -0.39 is 5.97 Å². The average molecular weight is 283 g/mol. The largest absolute Gasteiger partial charge is 0.462 e. The summed E-state index contributed by atoms with van der Waals surface area (Å²) in [7, 11) is 0. The molecule has 0 aliphatic carbocycles. The zero-order chi connectivity index (χ0) is 14.8. The minimum atomic E-state index is -0.408. The number of halogens is 1. The van der Waals surface area contributed by atoms with Gasteiger partial charge in [0.25, 0.3) is 0 Å². The molecule has 0 fully saturated rings. The Hall–Kier alpha value is -2.62. The number of H-pyrrole nitrogens is 1. The molecule has 0 aliphatic rings. The number of aromatic amines is 1. The van der Waals surface area contributed by atoms with Crippen molar-refractivity contribution in [3.63, 3.8) is 0 Å². The molecule has 106 valence electrons. The Morgan fingerprint density at radius 2 is 2.00 bits per heavy atom. The summed E-state index contributed by atoms with van der Waals surface area (Å²) in [5.41, 5.74) is 2.46. The second-order valence-electron chi connectivity index (χ2n) is 4.65. The van der Waals surface area contributed by atoms with Crippen LogP contribution in [-0.2, 0) is 4.74 Å². The number of ether oxygens (including phenoxy) is 1. The van der Waals surface area contributed by atoms with Crippen molar-refractivity contribution in [2.45, 2.75) is 6.92 Å². The van der Waals surface area contributed by atoms with Crippen molar-refractivity contribution >= 4 is 16.9 Å². The number of carbonyl (C=O) groups excluding carboxylic acids is 1. The highest BCUT2D eigenvalue weighted by atomic mass is 19.1. The Morgan fingerprint density at radius 3 is 2.76 bits per heavy atom. The van der Waals surface area contributed by atoms with E-state index in [4.69, 9.17) is 4.74 Å². The van der Waals surface area contributed by atoms with E-state index in [-0.39, 0.29) is 5.82 Å². The molecule has 0 aliphatic heterocycles. The SMILES string of the molecule is CCOC(=O)c1c(-c2cccc(F)c2)[nH]c2ccccc12. The van der Waals surface area contributed by atoms with Gasteiger partial charge >= 0.3 is 5.97 Å². The molecule has 3 aromatic rings. The summed E-state index contributed by atoms with van der Waals surface area (Å²) in [5.74, 6) is -0.754. The maximum absolute atomic E-state index is 13.5. The molecule has 1 heterocycles. The molecule has 0 unspecified atom stereocenters. The van der Waals surface area contributed by atoms with Gasteiger partial charge in [-0.1, -0.05) is 30.3 Å². The fraction of sp³-hybridized carbons (Fsp3) is 0.118. The minimum absolute atomic E-state index is 0.293. The van der Waals surface area contributed by atoms with Crippen LogP contribution < -0.4 is 0 Å². The third-order valence-electron chi connectivity index (χ3n) is 3.30. The minimum Gasteiger partial charge on any atom is -0.462 e. The Labute approximate surface area is 121 Å². The third-order valence-corrected chi connectivity index (χ3v) is 3.30. The number of benzene rings is 2. The zero-order valence-corrected chi connectivity index (χ0v) is 11.5. The van der Waals surface area contributed by atoms with Gasteiger partial charge in [0.15, 0.2) is 0 Å². The second-order valence-corrected chi connectivity index (χ2v) is 4.65. The first-order valence-electron chi connectivity index (χ1n) is 6.74. The summed E-state index contributed by atoms with van der Waals surface area (Å²) in [5, 5.41) is 0.773. The number of para-hydroxylation sites is 1. The van der Waals surface area contributed by atoms with Gasteiger partial charge in [0, 0.05) is 16.5 Å². The fourth-order valence-electron chi connectivity index (χ4n) is 2.42. The van der Waals surface area contributed by atoms with E-state index in [0.29, 0.717) is 23.4 Å². The van der Waals surface area contributed by atoms with Gasteiger partial charge in [-0.25, -0.2) is 9.18 Å². The van der Waals surface area contributed by atoms with Crippen LogP contribution in [0.2, 0.25) is 0 Å². The molecule has 0 saturated carbocycles. The smallest absolute Gasteiger partial charge is 0.340 e. The van der Waals surface area contributed by atoms with Crippen LogP contribution in [0.15, 0.2) is 48.5 Å². The zero-order valence-electron chi connectivity index (χ0n) is 11.5. The van der Waals surface area contributed by atoms with Crippen LogP contribution in [0, 0.1) is 5.82 Å². The number of rotatable bonds is 3. The van der Waals surface area contributed by atoms with Gasteiger partial charge in [-0.05, 0) is 25.1 Å². The maximum Gasteiger partial charge on any atom is 0.340 e. The van der Waals surface area contributed by atoms with Crippen LogP contribution in [0.5, 0.6) is 0 Å². The Kier molecular flexibility index (Phi) is 3.44. The molecule has 2 aromatic carbocycles. The number of aromatic nitrogens is 1. The molecule has 0 spiro atoms. The van der Waals surface area contributed by atoms with E-state index in [9.17, 15) is 9.18 Å². The molecule has 1 aromatic heterocycles. The van der Waals surface area contributed by atoms with E-state index in [0.717, 1.165) is 10.9 Å². The van der Waals surface area contributed by atoms with Crippen molar-refractivity contribution in [1.82, 2.24) is 4.98 Å². The van der Waals surface area contributed by atoms with Gasteiger partial charge in [0.05, 0.1) is 17.9 Å². The molecule has 0 radical (unpaired) electrons. The predicted molar refractivity (Wildman–Crippen MR) is 79.6 cm³/mol. The summed E-state index contributed by atoms with van der Waals surface area (Å²) in [6, 6.07) is 13.6. The van der Waals surface area contributed by atoms with Crippen molar-refractivity contribution < 1.29 is 13.9 Å². The standard InChI is InChI=1S/C17H14FNO2/c1-2-21-17(20)15-13-8-3-4-9-14(13)19-16(15)11-6-5-7-12(18)10-11/h3-10,19H,2H2,1H3. The van der Waals surface area contributed by atoms with Crippen molar-refractivity contribution in [3.8, 4) is 11.3 Å². The molecule has 1 N–H and O–H groups in total. The monoisotopic (exact) mass is 283 g/mol. The Bertz CT molecular complexity index is 807. The normalized spacial score (nSPS) is 10.8. The number of carbonyl (C=O) groups is 1. The highest BCUT2D eigenvalue weighted by molar-refractivity contribution is 6.10. The first kappa shape index (κ1) is 13.4. The molecule has 0 atom stereocenters. The first-order chi connectivity index (χ1) is 10.2. The highest BCUT2D eigenvalue weighted by Gasteiger charge is 2.20. The molecule has 0 bridgehead atoms. The summed E-state index contributed by atoms with van der Waals surface area (Å²) >= 11 is 0. The molecule has 3 nitrogen and oxygen atoms in total. The fourth-order valence-corrected chi connectivity index (χ4v) is 2.42. The molecule has 21 heavy (non-hydrogen) atoms. The molecule has 0 saturated heterocycles. The van der Waals surface area contributed by atoms with Gasteiger partial charge in [0.1, 0.15) is 5.82 Å². The van der Waals surface area contributed by atoms with Gasteiger partial charge < -0.3 is 9.72 Å². The van der Waals surface area contributed by atoms with Gasteiger partial charge in [-0.2, -0.15) is 0 Å². The van der Waals surface area contributed by atoms with Crippen LogP contribution in [0.25, 0.3) is 22.2 Å². The quantitative estimate of drug-likeness (QED) is 0.734. The summed E-state index contributed by atoms with van der Waals surface area (Å²) in [6.07, 6.45) is 0. The van der Waals surface area contributed by atoms with Gasteiger partial charge in [0.2, 0.25) is 0 Å². The lowest BCUT2D eigenvalue weighted by molar-refractivity contribution is 0.0529. The number of nitrogens with one attached hydrogen (secondary N) is 1. The third kappa shape index (κ3) is 2.40. The number of fused-ring (bicyclic) bond motifs is 1. The van der Waals surface area contributed by atoms with Gasteiger partial charge in [-0.3, -0.25) is 0 Å².